The topological polar surface area (TPSA) is 101 Å². The number of aromatic carboxylic acids is 2. The van der Waals surface area contributed by atoms with Crippen LogP contribution >= 0.6 is 23.1 Å². The maximum Gasteiger partial charge on any atom is 0.372 e. The highest BCUT2D eigenvalue weighted by atomic mass is 32.2. The second-order valence-electron chi connectivity index (χ2n) is 3.88. The molecule has 0 amide bonds. The molecule has 0 aliphatic rings. The van der Waals surface area contributed by atoms with E-state index < -0.39 is 17.2 Å². The average Bonchev–Trinajstić information content (AvgIpc) is 2.68. The van der Waals surface area contributed by atoms with Gasteiger partial charge in [0.15, 0.2) is 10.6 Å². The van der Waals surface area contributed by atoms with Crippen molar-refractivity contribution in [3.8, 4) is 5.75 Å². The van der Waals surface area contributed by atoms with Gasteiger partial charge in [-0.1, -0.05) is 13.3 Å². The summed E-state index contributed by atoms with van der Waals surface area (Å²) in [5.74, 6) is -2.15. The lowest BCUT2D eigenvalue weighted by molar-refractivity contribution is 0.0690. The molecule has 1 aromatic rings. The van der Waals surface area contributed by atoms with Crippen LogP contribution in [0, 0.1) is 6.92 Å². The molecule has 0 unspecified atom stereocenters. The molecule has 6 nitrogen and oxygen atoms in total. The number of carbonyl (C=O) groups excluding carboxylic acids is 1. The summed E-state index contributed by atoms with van der Waals surface area (Å²) in [7, 11) is 0. The standard InChI is InChI=1S/C12H14O6S2/c1-3-4-5-19-12(17)18-7-6(2)8(10(13)14)20-9(7)11(15)16/h3-5H2,1-2H3,(H,13,14)(H,15,16). The van der Waals surface area contributed by atoms with Crippen LogP contribution in [-0.4, -0.2) is 33.2 Å². The lowest BCUT2D eigenvalue weighted by atomic mass is 10.2. The highest BCUT2D eigenvalue weighted by molar-refractivity contribution is 8.13. The van der Waals surface area contributed by atoms with E-state index in [0.29, 0.717) is 17.1 Å². The van der Waals surface area contributed by atoms with Gasteiger partial charge >= 0.3 is 17.2 Å². The van der Waals surface area contributed by atoms with Crippen LogP contribution in [-0.2, 0) is 0 Å². The fourth-order valence-electron chi connectivity index (χ4n) is 1.38. The first-order chi connectivity index (χ1) is 9.38. The Kier molecular flexibility index (Phi) is 6.03. The average molecular weight is 318 g/mol. The van der Waals surface area contributed by atoms with Crippen LogP contribution in [0.3, 0.4) is 0 Å². The van der Waals surface area contributed by atoms with Gasteiger partial charge in [0.05, 0.1) is 0 Å². The second-order valence-corrected chi connectivity index (χ2v) is 5.93. The van der Waals surface area contributed by atoms with Crippen molar-refractivity contribution in [3.63, 3.8) is 0 Å². The Bertz CT molecular complexity index is 534. The minimum Gasteiger partial charge on any atom is -0.477 e. The van der Waals surface area contributed by atoms with Gasteiger partial charge in [-0.2, -0.15) is 0 Å². The lowest BCUT2D eigenvalue weighted by Crippen LogP contribution is -2.06. The zero-order valence-electron chi connectivity index (χ0n) is 11.0. The first kappa shape index (κ1) is 16.5. The van der Waals surface area contributed by atoms with E-state index >= 15 is 0 Å². The van der Waals surface area contributed by atoms with E-state index in [0.717, 1.165) is 24.6 Å². The molecule has 0 aliphatic heterocycles. The third-order valence-corrected chi connectivity index (χ3v) is 4.44. The summed E-state index contributed by atoms with van der Waals surface area (Å²) in [4.78, 5) is 33.2. The van der Waals surface area contributed by atoms with Crippen LogP contribution in [0.5, 0.6) is 5.75 Å². The third kappa shape index (κ3) is 3.97. The van der Waals surface area contributed by atoms with Crippen molar-refractivity contribution in [1.82, 2.24) is 0 Å². The smallest absolute Gasteiger partial charge is 0.372 e. The fraction of sp³-hybridized carbons (Fsp3) is 0.417. The van der Waals surface area contributed by atoms with E-state index in [9.17, 15) is 14.4 Å². The largest absolute Gasteiger partial charge is 0.477 e. The Morgan fingerprint density at radius 2 is 1.80 bits per heavy atom. The van der Waals surface area contributed by atoms with Crippen molar-refractivity contribution in [2.45, 2.75) is 26.7 Å². The van der Waals surface area contributed by atoms with Crippen molar-refractivity contribution in [3.05, 3.63) is 15.3 Å². The third-order valence-electron chi connectivity index (χ3n) is 2.38. The van der Waals surface area contributed by atoms with Crippen LogP contribution in [0.25, 0.3) is 0 Å². The van der Waals surface area contributed by atoms with Gasteiger partial charge in [-0.25, -0.2) is 14.4 Å². The highest BCUT2D eigenvalue weighted by Gasteiger charge is 2.26. The van der Waals surface area contributed by atoms with E-state index in [2.05, 4.69) is 0 Å². The second kappa shape index (κ2) is 7.30. The number of thiophene rings is 1. The fourth-order valence-corrected chi connectivity index (χ4v) is 3.03. The quantitative estimate of drug-likeness (QED) is 0.611. The van der Waals surface area contributed by atoms with Gasteiger partial charge in [0.1, 0.15) is 4.88 Å². The molecule has 0 saturated heterocycles. The number of rotatable bonds is 6. The molecule has 20 heavy (non-hydrogen) atoms. The van der Waals surface area contributed by atoms with E-state index in [1.54, 1.807) is 0 Å². The normalized spacial score (nSPS) is 10.3. The van der Waals surface area contributed by atoms with Gasteiger partial charge in [0.25, 0.3) is 0 Å². The number of thioether (sulfide) groups is 1. The van der Waals surface area contributed by atoms with Crippen LogP contribution in [0.15, 0.2) is 0 Å². The van der Waals surface area contributed by atoms with Gasteiger partial charge in [0.2, 0.25) is 0 Å². The summed E-state index contributed by atoms with van der Waals surface area (Å²) in [5, 5.41) is 17.4. The molecular weight excluding hydrogens is 304 g/mol. The Labute approximate surface area is 123 Å². The van der Waals surface area contributed by atoms with Crippen molar-refractivity contribution in [1.29, 1.82) is 0 Å². The number of unbranched alkanes of at least 4 members (excludes halogenated alkanes) is 1. The predicted octanol–water partition coefficient (Wildman–Crippen LogP) is 3.49. The lowest BCUT2D eigenvalue weighted by Gasteiger charge is -2.04. The molecule has 1 aromatic heterocycles. The molecule has 0 saturated carbocycles. The molecule has 2 N–H and O–H groups in total. The molecule has 0 radical (unpaired) electrons. The summed E-state index contributed by atoms with van der Waals surface area (Å²) < 4.78 is 5.01. The number of carbonyl (C=O) groups is 3. The molecule has 110 valence electrons. The Balaban J connectivity index is 2.95. The maximum atomic E-state index is 11.6. The number of hydrogen-bond donors (Lipinski definition) is 2. The minimum absolute atomic E-state index is 0.135. The van der Waals surface area contributed by atoms with E-state index in [1.165, 1.54) is 6.92 Å². The summed E-state index contributed by atoms with van der Waals surface area (Å²) >= 11 is 1.53. The zero-order valence-corrected chi connectivity index (χ0v) is 12.6. The van der Waals surface area contributed by atoms with E-state index in [4.69, 9.17) is 14.9 Å². The molecular formula is C12H14O6S2. The molecule has 0 fully saturated rings. The molecule has 0 spiro atoms. The van der Waals surface area contributed by atoms with Gasteiger partial charge < -0.3 is 14.9 Å². The first-order valence-corrected chi connectivity index (χ1v) is 7.63. The minimum atomic E-state index is -1.31. The van der Waals surface area contributed by atoms with Crippen LogP contribution in [0.1, 0.15) is 44.7 Å². The number of carboxylic acid groups (broad SMARTS) is 2. The van der Waals surface area contributed by atoms with Crippen LogP contribution < -0.4 is 4.74 Å². The van der Waals surface area contributed by atoms with Gasteiger partial charge in [-0.3, -0.25) is 0 Å². The zero-order chi connectivity index (χ0) is 15.3. The molecule has 0 atom stereocenters. The van der Waals surface area contributed by atoms with Crippen molar-refractivity contribution in [2.24, 2.45) is 0 Å². The highest BCUT2D eigenvalue weighted by Crippen LogP contribution is 2.36. The van der Waals surface area contributed by atoms with Gasteiger partial charge in [-0.15, -0.1) is 11.3 Å². The van der Waals surface area contributed by atoms with E-state index in [-0.39, 0.29) is 21.1 Å². The molecule has 1 heterocycles. The Morgan fingerprint density at radius 3 is 2.30 bits per heavy atom. The van der Waals surface area contributed by atoms with Crippen LogP contribution in [0.4, 0.5) is 4.79 Å². The Hall–Kier alpha value is -1.54. The molecule has 0 bridgehead atoms. The molecule has 0 aromatic carbocycles. The number of hydrogen-bond acceptors (Lipinski definition) is 6. The van der Waals surface area contributed by atoms with Crippen molar-refractivity contribution >= 4 is 40.3 Å². The van der Waals surface area contributed by atoms with Crippen LogP contribution in [0.2, 0.25) is 0 Å². The molecule has 8 heteroatoms. The predicted molar refractivity (Wildman–Crippen MR) is 76.4 cm³/mol. The first-order valence-electron chi connectivity index (χ1n) is 5.83. The molecule has 0 aliphatic carbocycles. The summed E-state index contributed by atoms with van der Waals surface area (Å²) in [6, 6.07) is 0. The van der Waals surface area contributed by atoms with Gasteiger partial charge in [-0.05, 0) is 25.1 Å². The monoisotopic (exact) mass is 318 g/mol. The number of carboxylic acids is 2. The molecule has 1 rings (SSSR count). The van der Waals surface area contributed by atoms with Gasteiger partial charge in [0, 0.05) is 11.3 Å². The Morgan fingerprint density at radius 1 is 1.20 bits per heavy atom. The SMILES string of the molecule is CCCCSC(=O)Oc1c(C(=O)O)sc(C(=O)O)c1C. The van der Waals surface area contributed by atoms with Crippen molar-refractivity contribution in [2.75, 3.05) is 5.75 Å². The summed E-state index contributed by atoms with van der Waals surface area (Å²) in [6.07, 6.45) is 1.77. The maximum absolute atomic E-state index is 11.6. The van der Waals surface area contributed by atoms with Crippen molar-refractivity contribution < 1.29 is 29.3 Å². The summed E-state index contributed by atoms with van der Waals surface area (Å²) in [6.45, 7) is 3.41. The van der Waals surface area contributed by atoms with E-state index in [1.807, 2.05) is 6.92 Å². The summed E-state index contributed by atoms with van der Waals surface area (Å²) in [5.41, 5.74) is 0.157. The number of ether oxygens (including phenoxy) is 1.